The van der Waals surface area contributed by atoms with Crippen LogP contribution in [0.1, 0.15) is 41.7 Å². The molecule has 0 aliphatic carbocycles. The molecule has 1 aromatic carbocycles. The standard InChI is InChI=1S/C20H25N3O/c24-20(23-14-6-1-2-7-15-23)19-11-10-18(16-22-19)21-13-12-17-8-4-3-5-9-17/h3-5,8-11,16,21H,1-2,6-7,12-15H2. The monoisotopic (exact) mass is 323 g/mol. The first kappa shape index (κ1) is 16.5. The lowest BCUT2D eigenvalue weighted by molar-refractivity contribution is 0.0756. The lowest BCUT2D eigenvalue weighted by Crippen LogP contribution is -2.32. The van der Waals surface area contributed by atoms with Crippen LogP contribution in [0.4, 0.5) is 5.69 Å². The van der Waals surface area contributed by atoms with Crippen molar-refractivity contribution in [2.75, 3.05) is 25.0 Å². The Hall–Kier alpha value is -2.36. The Morgan fingerprint density at radius 2 is 1.75 bits per heavy atom. The quantitative estimate of drug-likeness (QED) is 0.911. The third kappa shape index (κ3) is 4.57. The summed E-state index contributed by atoms with van der Waals surface area (Å²) in [4.78, 5) is 18.8. The predicted molar refractivity (Wildman–Crippen MR) is 97.2 cm³/mol. The second kappa shape index (κ2) is 8.48. The van der Waals surface area contributed by atoms with Gasteiger partial charge in [-0.1, -0.05) is 43.2 Å². The fraction of sp³-hybridized carbons (Fsp3) is 0.400. The number of nitrogens with zero attached hydrogens (tertiary/aromatic N) is 2. The summed E-state index contributed by atoms with van der Waals surface area (Å²) in [6.45, 7) is 2.57. The number of rotatable bonds is 5. The number of likely N-dealkylation sites (tertiary alicyclic amines) is 1. The largest absolute Gasteiger partial charge is 0.383 e. The maximum atomic E-state index is 12.5. The van der Waals surface area contributed by atoms with Gasteiger partial charge in [0.25, 0.3) is 5.91 Å². The van der Waals surface area contributed by atoms with Crippen LogP contribution in [0.25, 0.3) is 0 Å². The Morgan fingerprint density at radius 1 is 1.00 bits per heavy atom. The highest BCUT2D eigenvalue weighted by atomic mass is 16.2. The SMILES string of the molecule is O=C(c1ccc(NCCc2ccccc2)cn1)N1CCCCCC1. The van der Waals surface area contributed by atoms with Crippen molar-refractivity contribution in [3.05, 3.63) is 59.9 Å². The highest BCUT2D eigenvalue weighted by Gasteiger charge is 2.18. The Balaban J connectivity index is 1.52. The van der Waals surface area contributed by atoms with Gasteiger partial charge in [0.15, 0.2) is 0 Å². The van der Waals surface area contributed by atoms with Crippen LogP contribution in [0.3, 0.4) is 0 Å². The van der Waals surface area contributed by atoms with Crippen LogP contribution < -0.4 is 5.32 Å². The van der Waals surface area contributed by atoms with Crippen molar-refractivity contribution in [1.29, 1.82) is 0 Å². The zero-order valence-corrected chi connectivity index (χ0v) is 14.1. The minimum absolute atomic E-state index is 0.0627. The van der Waals surface area contributed by atoms with Gasteiger partial charge in [-0.3, -0.25) is 4.79 Å². The summed E-state index contributed by atoms with van der Waals surface area (Å²) in [5.74, 6) is 0.0627. The summed E-state index contributed by atoms with van der Waals surface area (Å²) >= 11 is 0. The maximum Gasteiger partial charge on any atom is 0.272 e. The molecule has 1 aromatic heterocycles. The molecule has 0 radical (unpaired) electrons. The van der Waals surface area contributed by atoms with E-state index in [0.717, 1.165) is 44.6 Å². The van der Waals surface area contributed by atoms with Crippen molar-refractivity contribution < 1.29 is 4.79 Å². The zero-order chi connectivity index (χ0) is 16.6. The Kier molecular flexibility index (Phi) is 5.83. The fourth-order valence-electron chi connectivity index (χ4n) is 3.06. The van der Waals surface area contributed by atoms with E-state index < -0.39 is 0 Å². The third-order valence-corrected chi connectivity index (χ3v) is 4.46. The van der Waals surface area contributed by atoms with E-state index in [4.69, 9.17) is 0 Å². The van der Waals surface area contributed by atoms with Gasteiger partial charge in [0.1, 0.15) is 5.69 Å². The number of benzene rings is 1. The summed E-state index contributed by atoms with van der Waals surface area (Å²) in [5, 5.41) is 3.36. The van der Waals surface area contributed by atoms with Crippen molar-refractivity contribution >= 4 is 11.6 Å². The van der Waals surface area contributed by atoms with Crippen LogP contribution in [0, 0.1) is 0 Å². The van der Waals surface area contributed by atoms with E-state index in [1.807, 2.05) is 23.1 Å². The molecule has 0 unspecified atom stereocenters. The van der Waals surface area contributed by atoms with E-state index in [-0.39, 0.29) is 5.91 Å². The molecule has 1 saturated heterocycles. The first-order valence-corrected chi connectivity index (χ1v) is 8.86. The number of hydrogen-bond acceptors (Lipinski definition) is 3. The molecule has 1 amide bonds. The van der Waals surface area contributed by atoms with Crippen molar-refractivity contribution in [3.8, 4) is 0 Å². The molecule has 4 heteroatoms. The van der Waals surface area contributed by atoms with Gasteiger partial charge in [-0.05, 0) is 37.0 Å². The number of amides is 1. The molecule has 1 aliphatic heterocycles. The number of anilines is 1. The highest BCUT2D eigenvalue weighted by Crippen LogP contribution is 2.14. The maximum absolute atomic E-state index is 12.5. The van der Waals surface area contributed by atoms with Gasteiger partial charge in [-0.15, -0.1) is 0 Å². The number of nitrogens with one attached hydrogen (secondary N) is 1. The van der Waals surface area contributed by atoms with Gasteiger partial charge in [-0.2, -0.15) is 0 Å². The summed E-state index contributed by atoms with van der Waals surface area (Å²) < 4.78 is 0. The fourth-order valence-corrected chi connectivity index (χ4v) is 3.06. The molecule has 1 aliphatic rings. The molecule has 0 bridgehead atoms. The molecular weight excluding hydrogens is 298 g/mol. The van der Waals surface area contributed by atoms with Crippen LogP contribution in [0.5, 0.6) is 0 Å². The number of carbonyl (C=O) groups is 1. The minimum atomic E-state index is 0.0627. The first-order chi connectivity index (χ1) is 11.8. The molecule has 4 nitrogen and oxygen atoms in total. The van der Waals surface area contributed by atoms with Crippen molar-refractivity contribution in [2.45, 2.75) is 32.1 Å². The molecule has 1 fully saturated rings. The van der Waals surface area contributed by atoms with Crippen molar-refractivity contribution in [2.24, 2.45) is 0 Å². The number of carbonyl (C=O) groups excluding carboxylic acids is 1. The lowest BCUT2D eigenvalue weighted by Gasteiger charge is -2.19. The summed E-state index contributed by atoms with van der Waals surface area (Å²) in [5.41, 5.74) is 2.81. The zero-order valence-electron chi connectivity index (χ0n) is 14.1. The van der Waals surface area contributed by atoms with Gasteiger partial charge in [0.05, 0.1) is 11.9 Å². The topological polar surface area (TPSA) is 45.2 Å². The normalized spacial score (nSPS) is 14.9. The number of aromatic nitrogens is 1. The third-order valence-electron chi connectivity index (χ3n) is 4.46. The minimum Gasteiger partial charge on any atom is -0.383 e. The Morgan fingerprint density at radius 3 is 2.42 bits per heavy atom. The summed E-state index contributed by atoms with van der Waals surface area (Å²) in [6, 6.07) is 14.2. The summed E-state index contributed by atoms with van der Waals surface area (Å²) in [6.07, 6.45) is 7.38. The van der Waals surface area contributed by atoms with Gasteiger partial charge < -0.3 is 10.2 Å². The van der Waals surface area contributed by atoms with Crippen molar-refractivity contribution in [3.63, 3.8) is 0 Å². The van der Waals surface area contributed by atoms with Crippen LogP contribution in [-0.2, 0) is 6.42 Å². The second-order valence-electron chi connectivity index (χ2n) is 6.30. The molecule has 0 saturated carbocycles. The molecule has 0 spiro atoms. The van der Waals surface area contributed by atoms with E-state index in [2.05, 4.69) is 34.6 Å². The molecule has 24 heavy (non-hydrogen) atoms. The molecular formula is C20H25N3O. The van der Waals surface area contributed by atoms with Crippen LogP contribution in [0.15, 0.2) is 48.7 Å². The van der Waals surface area contributed by atoms with Gasteiger partial charge in [-0.25, -0.2) is 4.98 Å². The molecule has 126 valence electrons. The summed E-state index contributed by atoms with van der Waals surface area (Å²) in [7, 11) is 0. The van der Waals surface area contributed by atoms with Crippen LogP contribution >= 0.6 is 0 Å². The number of hydrogen-bond donors (Lipinski definition) is 1. The Labute approximate surface area is 143 Å². The van der Waals surface area contributed by atoms with E-state index in [1.54, 1.807) is 6.20 Å². The second-order valence-corrected chi connectivity index (χ2v) is 6.30. The molecule has 2 heterocycles. The first-order valence-electron chi connectivity index (χ1n) is 8.86. The molecule has 0 atom stereocenters. The van der Waals surface area contributed by atoms with E-state index in [9.17, 15) is 4.79 Å². The van der Waals surface area contributed by atoms with Crippen molar-refractivity contribution in [1.82, 2.24) is 9.88 Å². The van der Waals surface area contributed by atoms with Gasteiger partial charge >= 0.3 is 0 Å². The van der Waals surface area contributed by atoms with E-state index in [1.165, 1.54) is 18.4 Å². The number of pyridine rings is 1. The van der Waals surface area contributed by atoms with Crippen LogP contribution in [0.2, 0.25) is 0 Å². The molecule has 1 N–H and O–H groups in total. The van der Waals surface area contributed by atoms with Gasteiger partial charge in [0.2, 0.25) is 0 Å². The predicted octanol–water partition coefficient (Wildman–Crippen LogP) is 3.75. The lowest BCUT2D eigenvalue weighted by atomic mass is 10.1. The smallest absolute Gasteiger partial charge is 0.272 e. The molecule has 3 rings (SSSR count). The van der Waals surface area contributed by atoms with Gasteiger partial charge in [0, 0.05) is 19.6 Å². The van der Waals surface area contributed by atoms with Crippen LogP contribution in [-0.4, -0.2) is 35.4 Å². The van der Waals surface area contributed by atoms with E-state index in [0.29, 0.717) is 5.69 Å². The highest BCUT2D eigenvalue weighted by molar-refractivity contribution is 5.92. The van der Waals surface area contributed by atoms with E-state index >= 15 is 0 Å². The Bertz CT molecular complexity index is 632. The molecule has 2 aromatic rings. The average molecular weight is 323 g/mol. The average Bonchev–Trinajstić information content (AvgIpc) is 2.92.